The van der Waals surface area contributed by atoms with E-state index >= 15 is 0 Å². The summed E-state index contributed by atoms with van der Waals surface area (Å²) in [6, 6.07) is 6.17. The Kier molecular flexibility index (Phi) is 3.74. The number of pyridine rings is 1. The molecule has 0 amide bonds. The molecule has 17 heavy (non-hydrogen) atoms. The molecule has 1 N–H and O–H groups in total. The molecule has 2 atom stereocenters. The molecule has 2 heterocycles. The van der Waals surface area contributed by atoms with Crippen molar-refractivity contribution in [3.63, 3.8) is 0 Å². The number of nitrogens with zero attached hydrogens (tertiary/aromatic N) is 3. The van der Waals surface area contributed by atoms with Gasteiger partial charge in [-0.2, -0.15) is 0 Å². The lowest BCUT2D eigenvalue weighted by atomic mass is 10.1. The molecular weight excluding hydrogens is 212 g/mol. The van der Waals surface area contributed by atoms with E-state index in [9.17, 15) is 0 Å². The van der Waals surface area contributed by atoms with E-state index in [1.54, 1.807) is 0 Å². The second-order valence-electron chi connectivity index (χ2n) is 4.63. The van der Waals surface area contributed by atoms with Gasteiger partial charge in [0.2, 0.25) is 0 Å². The first-order chi connectivity index (χ1) is 8.22. The summed E-state index contributed by atoms with van der Waals surface area (Å²) in [7, 11) is 0. The standard InChI is InChI=1S/C13H20N4/c1-4-10(2)9-14-11(3)13-16-15-12-7-5-6-8-17(12)13/h5-8,10-11,14H,4,9H2,1-3H3/t10-,11+/m0/s1. The number of rotatable bonds is 5. The fraction of sp³-hybridized carbons (Fsp3) is 0.538. The van der Waals surface area contributed by atoms with Crippen LogP contribution in [0.4, 0.5) is 0 Å². The predicted molar refractivity (Wildman–Crippen MR) is 68.9 cm³/mol. The van der Waals surface area contributed by atoms with Gasteiger partial charge >= 0.3 is 0 Å². The maximum Gasteiger partial charge on any atom is 0.160 e. The van der Waals surface area contributed by atoms with Crippen molar-refractivity contribution in [2.24, 2.45) is 5.92 Å². The zero-order valence-electron chi connectivity index (χ0n) is 10.7. The van der Waals surface area contributed by atoms with E-state index in [0.717, 1.165) is 18.0 Å². The Bertz CT molecular complexity index is 477. The lowest BCUT2D eigenvalue weighted by molar-refractivity contribution is 0.449. The van der Waals surface area contributed by atoms with Gasteiger partial charge < -0.3 is 5.32 Å². The van der Waals surface area contributed by atoms with Gasteiger partial charge in [0.15, 0.2) is 11.5 Å². The van der Waals surface area contributed by atoms with Gasteiger partial charge in [0.05, 0.1) is 6.04 Å². The summed E-state index contributed by atoms with van der Waals surface area (Å²) in [5.41, 5.74) is 0.902. The summed E-state index contributed by atoms with van der Waals surface area (Å²) < 4.78 is 2.04. The topological polar surface area (TPSA) is 42.2 Å². The molecule has 0 aliphatic heterocycles. The summed E-state index contributed by atoms with van der Waals surface area (Å²) in [4.78, 5) is 0. The average Bonchev–Trinajstić information content (AvgIpc) is 2.79. The zero-order chi connectivity index (χ0) is 12.3. The maximum absolute atomic E-state index is 4.25. The van der Waals surface area contributed by atoms with Crippen LogP contribution in [0.5, 0.6) is 0 Å². The summed E-state index contributed by atoms with van der Waals surface area (Å²) >= 11 is 0. The van der Waals surface area contributed by atoms with Crippen LogP contribution in [0.25, 0.3) is 5.65 Å². The Morgan fingerprint density at radius 3 is 2.88 bits per heavy atom. The van der Waals surface area contributed by atoms with Crippen LogP contribution in [0, 0.1) is 5.92 Å². The molecule has 0 aliphatic rings. The minimum Gasteiger partial charge on any atom is -0.307 e. The predicted octanol–water partition coefficient (Wildman–Crippen LogP) is 2.43. The molecule has 4 heteroatoms. The van der Waals surface area contributed by atoms with Crippen molar-refractivity contribution in [1.29, 1.82) is 0 Å². The number of hydrogen-bond donors (Lipinski definition) is 1. The van der Waals surface area contributed by atoms with Gasteiger partial charge in [-0.3, -0.25) is 4.40 Å². The van der Waals surface area contributed by atoms with Gasteiger partial charge in [0.1, 0.15) is 0 Å². The van der Waals surface area contributed by atoms with E-state index in [1.165, 1.54) is 6.42 Å². The Balaban J connectivity index is 2.11. The molecule has 2 aromatic rings. The number of aromatic nitrogens is 3. The number of fused-ring (bicyclic) bond motifs is 1. The van der Waals surface area contributed by atoms with Gasteiger partial charge in [0, 0.05) is 6.20 Å². The van der Waals surface area contributed by atoms with Crippen LogP contribution in [0.3, 0.4) is 0 Å². The molecule has 0 aromatic carbocycles. The minimum atomic E-state index is 0.224. The van der Waals surface area contributed by atoms with Crippen LogP contribution in [-0.4, -0.2) is 21.1 Å². The fourth-order valence-corrected chi connectivity index (χ4v) is 1.77. The Labute approximate surface area is 102 Å². The van der Waals surface area contributed by atoms with Crippen molar-refractivity contribution in [2.75, 3.05) is 6.54 Å². The third kappa shape index (κ3) is 2.64. The Morgan fingerprint density at radius 2 is 2.12 bits per heavy atom. The summed E-state index contributed by atoms with van der Waals surface area (Å²) in [6.45, 7) is 7.61. The van der Waals surface area contributed by atoms with E-state index in [0.29, 0.717) is 5.92 Å². The molecule has 2 aromatic heterocycles. The van der Waals surface area contributed by atoms with Gasteiger partial charge in [-0.15, -0.1) is 10.2 Å². The number of hydrogen-bond acceptors (Lipinski definition) is 3. The van der Waals surface area contributed by atoms with Crippen molar-refractivity contribution in [2.45, 2.75) is 33.2 Å². The first kappa shape index (κ1) is 12.0. The molecule has 0 saturated carbocycles. The minimum absolute atomic E-state index is 0.224. The highest BCUT2D eigenvalue weighted by Crippen LogP contribution is 2.12. The molecule has 0 aliphatic carbocycles. The van der Waals surface area contributed by atoms with Crippen LogP contribution in [0.2, 0.25) is 0 Å². The van der Waals surface area contributed by atoms with E-state index < -0.39 is 0 Å². The average molecular weight is 232 g/mol. The molecule has 0 fully saturated rings. The highest BCUT2D eigenvalue weighted by atomic mass is 15.3. The monoisotopic (exact) mass is 232 g/mol. The molecule has 0 saturated heterocycles. The molecule has 0 radical (unpaired) electrons. The van der Waals surface area contributed by atoms with Gasteiger partial charge in [-0.1, -0.05) is 26.3 Å². The second-order valence-corrected chi connectivity index (χ2v) is 4.63. The zero-order valence-corrected chi connectivity index (χ0v) is 10.7. The van der Waals surface area contributed by atoms with Crippen molar-refractivity contribution in [3.8, 4) is 0 Å². The van der Waals surface area contributed by atoms with Crippen LogP contribution in [0.15, 0.2) is 24.4 Å². The molecule has 0 bridgehead atoms. The van der Waals surface area contributed by atoms with E-state index in [-0.39, 0.29) is 6.04 Å². The first-order valence-corrected chi connectivity index (χ1v) is 6.25. The van der Waals surface area contributed by atoms with Gasteiger partial charge in [-0.25, -0.2) is 0 Å². The summed E-state index contributed by atoms with van der Waals surface area (Å²) in [5.74, 6) is 1.67. The Hall–Kier alpha value is -1.42. The van der Waals surface area contributed by atoms with Crippen molar-refractivity contribution < 1.29 is 0 Å². The van der Waals surface area contributed by atoms with Crippen molar-refractivity contribution >= 4 is 5.65 Å². The third-order valence-electron chi connectivity index (χ3n) is 3.20. The van der Waals surface area contributed by atoms with Crippen molar-refractivity contribution in [3.05, 3.63) is 30.2 Å². The second kappa shape index (κ2) is 5.27. The molecule has 4 nitrogen and oxygen atoms in total. The molecule has 0 unspecified atom stereocenters. The Morgan fingerprint density at radius 1 is 1.29 bits per heavy atom. The summed E-state index contributed by atoms with van der Waals surface area (Å²) in [6.07, 6.45) is 3.20. The van der Waals surface area contributed by atoms with E-state index in [2.05, 4.69) is 36.3 Å². The number of nitrogens with one attached hydrogen (secondary N) is 1. The first-order valence-electron chi connectivity index (χ1n) is 6.25. The van der Waals surface area contributed by atoms with Crippen LogP contribution < -0.4 is 5.32 Å². The van der Waals surface area contributed by atoms with Crippen LogP contribution in [-0.2, 0) is 0 Å². The van der Waals surface area contributed by atoms with Gasteiger partial charge in [-0.05, 0) is 31.5 Å². The lowest BCUT2D eigenvalue weighted by Gasteiger charge is -2.15. The van der Waals surface area contributed by atoms with Crippen LogP contribution in [0.1, 0.15) is 39.1 Å². The van der Waals surface area contributed by atoms with Crippen molar-refractivity contribution in [1.82, 2.24) is 19.9 Å². The lowest BCUT2D eigenvalue weighted by Crippen LogP contribution is -2.25. The van der Waals surface area contributed by atoms with E-state index in [4.69, 9.17) is 0 Å². The SMILES string of the molecule is CC[C@H](C)CN[C@H](C)c1nnc2ccccn12. The quantitative estimate of drug-likeness (QED) is 0.861. The highest BCUT2D eigenvalue weighted by molar-refractivity contribution is 5.37. The van der Waals surface area contributed by atoms with Crippen LogP contribution >= 0.6 is 0 Å². The normalized spacial score (nSPS) is 15.0. The maximum atomic E-state index is 4.25. The fourth-order valence-electron chi connectivity index (χ4n) is 1.77. The highest BCUT2D eigenvalue weighted by Gasteiger charge is 2.12. The molecule has 92 valence electrons. The molecule has 2 rings (SSSR count). The third-order valence-corrected chi connectivity index (χ3v) is 3.20. The van der Waals surface area contributed by atoms with E-state index in [1.807, 2.05) is 28.8 Å². The largest absolute Gasteiger partial charge is 0.307 e. The smallest absolute Gasteiger partial charge is 0.160 e. The molecular formula is C13H20N4. The molecule has 0 spiro atoms. The summed E-state index contributed by atoms with van der Waals surface area (Å²) in [5, 5.41) is 11.9. The van der Waals surface area contributed by atoms with Gasteiger partial charge in [0.25, 0.3) is 0 Å².